The van der Waals surface area contributed by atoms with E-state index < -0.39 is 29.8 Å². The molecule has 2 unspecified atom stereocenters. The molecule has 1 saturated heterocycles. The summed E-state index contributed by atoms with van der Waals surface area (Å²) in [5.74, 6) is -0.00400. The van der Waals surface area contributed by atoms with Crippen molar-refractivity contribution in [1.82, 2.24) is 15.1 Å². The minimum absolute atomic E-state index is 0.0374. The highest BCUT2D eigenvalue weighted by Crippen LogP contribution is 2.29. The zero-order valence-electron chi connectivity index (χ0n) is 20.6. The van der Waals surface area contributed by atoms with Gasteiger partial charge >= 0.3 is 6.09 Å². The molecule has 1 aliphatic heterocycles. The van der Waals surface area contributed by atoms with Gasteiger partial charge in [0.05, 0.1) is 18.3 Å². The highest BCUT2D eigenvalue weighted by Gasteiger charge is 2.49. The van der Waals surface area contributed by atoms with Crippen molar-refractivity contribution in [3.8, 4) is 0 Å². The molecule has 5 atom stereocenters. The molecule has 2 amide bonds. The maximum absolute atomic E-state index is 13.5. The van der Waals surface area contributed by atoms with Crippen molar-refractivity contribution in [2.45, 2.75) is 104 Å². The zero-order chi connectivity index (χ0) is 24.2. The lowest BCUT2D eigenvalue weighted by molar-refractivity contribution is -0.135. The maximum Gasteiger partial charge on any atom is 0.408 e. The third-order valence-corrected chi connectivity index (χ3v) is 6.27. The number of hydrogen-bond acceptors (Lipinski definition) is 4. The lowest BCUT2D eigenvalue weighted by Crippen LogP contribution is -2.61. The third kappa shape index (κ3) is 5.81. The van der Waals surface area contributed by atoms with E-state index in [1.165, 1.54) is 4.90 Å². The lowest BCUT2D eigenvalue weighted by Gasteiger charge is -2.42. The third-order valence-electron chi connectivity index (χ3n) is 6.27. The van der Waals surface area contributed by atoms with Gasteiger partial charge < -0.3 is 15.1 Å². The van der Waals surface area contributed by atoms with E-state index in [9.17, 15) is 19.8 Å². The van der Waals surface area contributed by atoms with E-state index in [1.54, 1.807) is 0 Å². The smallest absolute Gasteiger partial charge is 0.408 e. The van der Waals surface area contributed by atoms with Crippen LogP contribution in [0.3, 0.4) is 0 Å². The van der Waals surface area contributed by atoms with Gasteiger partial charge in [-0.3, -0.25) is 15.0 Å². The minimum atomic E-state index is -1.20. The molecule has 7 heteroatoms. The fourth-order valence-electron chi connectivity index (χ4n) is 4.81. The van der Waals surface area contributed by atoms with Crippen molar-refractivity contribution in [3.63, 3.8) is 0 Å². The molecule has 0 bridgehead atoms. The van der Waals surface area contributed by atoms with Crippen LogP contribution in [0.25, 0.3) is 0 Å². The maximum atomic E-state index is 13.5. The molecule has 0 spiro atoms. The summed E-state index contributed by atoms with van der Waals surface area (Å²) in [6.45, 7) is 13.6. The van der Waals surface area contributed by atoms with Crippen LogP contribution >= 0.6 is 0 Å². The van der Waals surface area contributed by atoms with Crippen LogP contribution < -0.4 is 5.32 Å². The Balaban J connectivity index is 2.44. The molecule has 0 radical (unpaired) electrons. The molecule has 180 valence electrons. The van der Waals surface area contributed by atoms with Gasteiger partial charge in [0, 0.05) is 11.6 Å². The van der Waals surface area contributed by atoms with Crippen LogP contribution in [-0.4, -0.2) is 67.9 Å². The van der Waals surface area contributed by atoms with Gasteiger partial charge in [-0.1, -0.05) is 57.5 Å². The van der Waals surface area contributed by atoms with Gasteiger partial charge in [0.15, 0.2) is 0 Å². The van der Waals surface area contributed by atoms with Crippen molar-refractivity contribution in [2.24, 2.45) is 5.92 Å². The second-order valence-corrected chi connectivity index (χ2v) is 10.3. The van der Waals surface area contributed by atoms with Crippen molar-refractivity contribution < 1.29 is 19.8 Å². The molecule has 1 fully saturated rings. The first-order valence-electron chi connectivity index (χ1n) is 11.7. The monoisotopic (exact) mass is 447 g/mol. The summed E-state index contributed by atoms with van der Waals surface area (Å²) >= 11 is 0. The fraction of sp³-hybridized carbons (Fsp3) is 0.680. The van der Waals surface area contributed by atoms with Crippen molar-refractivity contribution in [1.29, 1.82) is 0 Å². The Kier molecular flexibility index (Phi) is 8.71. The molecule has 1 heterocycles. The van der Waals surface area contributed by atoms with Crippen LogP contribution in [-0.2, 0) is 11.2 Å². The summed E-state index contributed by atoms with van der Waals surface area (Å²) in [4.78, 5) is 29.0. The molecule has 0 aromatic heterocycles. The quantitative estimate of drug-likeness (QED) is 0.537. The first-order valence-corrected chi connectivity index (χ1v) is 11.7. The molecular formula is C25H41N3O4. The van der Waals surface area contributed by atoms with Gasteiger partial charge in [-0.25, -0.2) is 4.79 Å². The zero-order valence-corrected chi connectivity index (χ0v) is 20.6. The number of carbonyl (C=O) groups is 2. The standard InChI is InChI=1S/C25H41N3O4/c1-8-12-17(4)27-22(16(2)3)26-20(23(27)30)21(29)19(15-18-13-10-9-11-14-18)28(24(31)32)25(5,6)7/h9-11,13-14,16-17,19-22,26,29H,8,12,15H2,1-7H3,(H,31,32)/t17?,19-,20-,21-,22?/m0/s1. The largest absolute Gasteiger partial charge is 0.465 e. The summed E-state index contributed by atoms with van der Waals surface area (Å²) < 4.78 is 0. The van der Waals surface area contributed by atoms with Crippen LogP contribution in [0.5, 0.6) is 0 Å². The second-order valence-electron chi connectivity index (χ2n) is 10.3. The molecule has 1 aromatic rings. The van der Waals surface area contributed by atoms with Crippen LogP contribution in [0.2, 0.25) is 0 Å². The molecule has 0 aliphatic carbocycles. The summed E-state index contributed by atoms with van der Waals surface area (Å²) in [5, 5.41) is 24.9. The number of hydrogen-bond donors (Lipinski definition) is 3. The van der Waals surface area contributed by atoms with Crippen molar-refractivity contribution in [2.75, 3.05) is 0 Å². The van der Waals surface area contributed by atoms with Gasteiger partial charge in [-0.2, -0.15) is 0 Å². The van der Waals surface area contributed by atoms with Crippen LogP contribution in [0, 0.1) is 5.92 Å². The molecule has 3 N–H and O–H groups in total. The van der Waals surface area contributed by atoms with Gasteiger partial charge in [0.25, 0.3) is 0 Å². The van der Waals surface area contributed by atoms with E-state index in [-0.39, 0.29) is 24.0 Å². The Bertz CT molecular complexity index is 762. The number of nitrogens with one attached hydrogen (secondary N) is 1. The number of amides is 2. The predicted octanol–water partition coefficient (Wildman–Crippen LogP) is 3.71. The summed E-state index contributed by atoms with van der Waals surface area (Å²) in [7, 11) is 0. The SMILES string of the molecule is CCCC(C)N1C(=O)[C@H]([C@@H](O)[C@H](Cc2ccccc2)N(C(=O)O)C(C)(C)C)NC1C(C)C. The molecule has 7 nitrogen and oxygen atoms in total. The summed E-state index contributed by atoms with van der Waals surface area (Å²) in [5.41, 5.74) is 0.162. The van der Waals surface area contributed by atoms with Crippen LogP contribution in [0.1, 0.15) is 66.9 Å². The Morgan fingerprint density at radius 1 is 1.19 bits per heavy atom. The average molecular weight is 448 g/mol. The van der Waals surface area contributed by atoms with Crippen LogP contribution in [0.4, 0.5) is 4.79 Å². The number of benzene rings is 1. The number of nitrogens with zero attached hydrogens (tertiary/aromatic N) is 2. The Morgan fingerprint density at radius 2 is 1.78 bits per heavy atom. The molecule has 1 aliphatic rings. The van der Waals surface area contributed by atoms with Gasteiger partial charge in [0.1, 0.15) is 6.04 Å². The predicted molar refractivity (Wildman–Crippen MR) is 126 cm³/mol. The first-order chi connectivity index (χ1) is 14.9. The summed E-state index contributed by atoms with van der Waals surface area (Å²) in [6, 6.07) is 7.90. The normalized spacial score (nSPS) is 22.2. The first kappa shape index (κ1) is 26.1. The topological polar surface area (TPSA) is 93.1 Å². The Hall–Kier alpha value is -2.12. The number of carbonyl (C=O) groups excluding carboxylic acids is 1. The van der Waals surface area contributed by atoms with Gasteiger partial charge in [-0.05, 0) is 52.0 Å². The number of aliphatic hydroxyl groups is 1. The molecule has 0 saturated carbocycles. The van der Waals surface area contributed by atoms with Gasteiger partial charge in [-0.15, -0.1) is 0 Å². The minimum Gasteiger partial charge on any atom is -0.465 e. The molecular weight excluding hydrogens is 406 g/mol. The highest BCUT2D eigenvalue weighted by atomic mass is 16.4. The Labute approximate surface area is 192 Å². The van der Waals surface area contributed by atoms with E-state index in [2.05, 4.69) is 12.2 Å². The van der Waals surface area contributed by atoms with Gasteiger partial charge in [0.2, 0.25) is 5.91 Å². The summed E-state index contributed by atoms with van der Waals surface area (Å²) in [6.07, 6.45) is -0.368. The van der Waals surface area contributed by atoms with E-state index in [4.69, 9.17) is 0 Å². The molecule has 1 aromatic carbocycles. The van der Waals surface area contributed by atoms with E-state index in [1.807, 2.05) is 76.8 Å². The second kappa shape index (κ2) is 10.7. The highest BCUT2D eigenvalue weighted by molar-refractivity contribution is 5.85. The number of rotatable bonds is 9. The molecule has 32 heavy (non-hydrogen) atoms. The fourth-order valence-corrected chi connectivity index (χ4v) is 4.81. The van der Waals surface area contributed by atoms with Crippen molar-refractivity contribution >= 4 is 12.0 Å². The van der Waals surface area contributed by atoms with Crippen molar-refractivity contribution in [3.05, 3.63) is 35.9 Å². The Morgan fingerprint density at radius 3 is 2.25 bits per heavy atom. The van der Waals surface area contributed by atoms with Crippen LogP contribution in [0.15, 0.2) is 30.3 Å². The van der Waals surface area contributed by atoms with E-state index >= 15 is 0 Å². The van der Waals surface area contributed by atoms with E-state index in [0.29, 0.717) is 6.42 Å². The lowest BCUT2D eigenvalue weighted by atomic mass is 9.91. The number of carboxylic acid groups (broad SMARTS) is 1. The average Bonchev–Trinajstić information content (AvgIpc) is 3.04. The number of aliphatic hydroxyl groups excluding tert-OH is 1. The van der Waals surface area contributed by atoms with E-state index in [0.717, 1.165) is 18.4 Å². The molecule has 2 rings (SSSR count).